The third kappa shape index (κ3) is 3.79. The Labute approximate surface area is 181 Å². The Morgan fingerprint density at radius 2 is 1.76 bits per heavy atom. The second-order valence-electron chi connectivity index (χ2n) is 6.45. The standard InChI is InChI=1S/C22H15BrN2O3S/c1-13-4-2-3-5-18(13)25-21(27)17(20(26)24-22(25)29)12-16-10-11-19(28-16)14-6-8-15(23)9-7-14/h2-12H,1H3,(H,24,26,29)/b17-12-. The molecule has 29 heavy (non-hydrogen) atoms. The molecule has 5 nitrogen and oxygen atoms in total. The van der Waals surface area contributed by atoms with Gasteiger partial charge in [0.2, 0.25) is 0 Å². The maximum Gasteiger partial charge on any atom is 0.270 e. The Balaban J connectivity index is 1.68. The number of nitrogens with zero attached hydrogens (tertiary/aromatic N) is 1. The van der Waals surface area contributed by atoms with Crippen LogP contribution >= 0.6 is 28.1 Å². The van der Waals surface area contributed by atoms with Gasteiger partial charge >= 0.3 is 0 Å². The smallest absolute Gasteiger partial charge is 0.270 e. The van der Waals surface area contributed by atoms with Crippen LogP contribution in [0.2, 0.25) is 0 Å². The molecule has 0 bridgehead atoms. The molecule has 1 aliphatic rings. The molecule has 144 valence electrons. The summed E-state index contributed by atoms with van der Waals surface area (Å²) in [6.45, 7) is 1.88. The minimum atomic E-state index is -0.550. The maximum absolute atomic E-state index is 13.1. The number of halogens is 1. The number of aryl methyl sites for hydroxylation is 1. The molecule has 0 atom stereocenters. The van der Waals surface area contributed by atoms with E-state index in [1.807, 2.05) is 49.4 Å². The van der Waals surface area contributed by atoms with Gasteiger partial charge in [0.15, 0.2) is 5.11 Å². The molecule has 1 N–H and O–H groups in total. The number of carbonyl (C=O) groups is 2. The number of hydrogen-bond acceptors (Lipinski definition) is 4. The van der Waals surface area contributed by atoms with Gasteiger partial charge in [-0.05, 0) is 61.1 Å². The zero-order chi connectivity index (χ0) is 20.5. The summed E-state index contributed by atoms with van der Waals surface area (Å²) in [6, 6.07) is 18.5. The van der Waals surface area contributed by atoms with E-state index < -0.39 is 11.8 Å². The maximum atomic E-state index is 13.1. The predicted molar refractivity (Wildman–Crippen MR) is 119 cm³/mol. The first-order valence-corrected chi connectivity index (χ1v) is 9.97. The second-order valence-corrected chi connectivity index (χ2v) is 7.76. The first-order chi connectivity index (χ1) is 13.9. The molecular formula is C22H15BrN2O3S. The van der Waals surface area contributed by atoms with Crippen molar-refractivity contribution in [2.24, 2.45) is 0 Å². The minimum absolute atomic E-state index is 0.0430. The van der Waals surface area contributed by atoms with Crippen molar-refractivity contribution in [3.63, 3.8) is 0 Å². The Kier molecular flexibility index (Phi) is 5.17. The summed E-state index contributed by atoms with van der Waals surface area (Å²) in [5, 5.41) is 2.64. The van der Waals surface area contributed by atoms with Gasteiger partial charge in [-0.3, -0.25) is 19.8 Å². The third-order valence-electron chi connectivity index (χ3n) is 4.50. The average Bonchev–Trinajstić information content (AvgIpc) is 3.16. The zero-order valence-corrected chi connectivity index (χ0v) is 17.7. The van der Waals surface area contributed by atoms with Crippen molar-refractivity contribution in [3.8, 4) is 11.3 Å². The van der Waals surface area contributed by atoms with Gasteiger partial charge in [0, 0.05) is 10.0 Å². The van der Waals surface area contributed by atoms with Crippen LogP contribution in [-0.2, 0) is 9.59 Å². The fourth-order valence-electron chi connectivity index (χ4n) is 3.03. The molecule has 4 rings (SSSR count). The number of para-hydroxylation sites is 1. The van der Waals surface area contributed by atoms with Crippen molar-refractivity contribution in [3.05, 3.63) is 82.0 Å². The van der Waals surface area contributed by atoms with Crippen molar-refractivity contribution < 1.29 is 14.0 Å². The lowest BCUT2D eigenvalue weighted by Crippen LogP contribution is -2.54. The summed E-state index contributed by atoms with van der Waals surface area (Å²) in [4.78, 5) is 26.8. The van der Waals surface area contributed by atoms with Gasteiger partial charge in [0.25, 0.3) is 11.8 Å². The highest BCUT2D eigenvalue weighted by Crippen LogP contribution is 2.27. The largest absolute Gasteiger partial charge is 0.457 e. The molecule has 1 aliphatic heterocycles. The molecule has 2 aromatic carbocycles. The Morgan fingerprint density at radius 3 is 2.48 bits per heavy atom. The summed E-state index contributed by atoms with van der Waals surface area (Å²) in [7, 11) is 0. The van der Waals surface area contributed by atoms with Crippen LogP contribution in [0.5, 0.6) is 0 Å². The molecule has 1 aromatic heterocycles. The van der Waals surface area contributed by atoms with E-state index in [0.717, 1.165) is 15.6 Å². The van der Waals surface area contributed by atoms with Crippen LogP contribution in [0.25, 0.3) is 17.4 Å². The molecular weight excluding hydrogens is 452 g/mol. The van der Waals surface area contributed by atoms with Crippen LogP contribution in [0.4, 0.5) is 5.69 Å². The normalized spacial score (nSPS) is 15.7. The first kappa shape index (κ1) is 19.3. The number of carbonyl (C=O) groups excluding carboxylic acids is 2. The molecule has 1 fully saturated rings. The van der Waals surface area contributed by atoms with Crippen molar-refractivity contribution >= 4 is 56.8 Å². The van der Waals surface area contributed by atoms with Gasteiger partial charge < -0.3 is 4.42 Å². The van der Waals surface area contributed by atoms with E-state index >= 15 is 0 Å². The molecule has 2 heterocycles. The van der Waals surface area contributed by atoms with Gasteiger partial charge in [-0.1, -0.05) is 46.3 Å². The monoisotopic (exact) mass is 466 g/mol. The molecule has 0 radical (unpaired) electrons. The van der Waals surface area contributed by atoms with E-state index in [-0.39, 0.29) is 10.7 Å². The molecule has 7 heteroatoms. The van der Waals surface area contributed by atoms with Crippen LogP contribution in [0.1, 0.15) is 11.3 Å². The van der Waals surface area contributed by atoms with Crippen LogP contribution in [0, 0.1) is 6.92 Å². The number of thiocarbonyl (C=S) groups is 1. The van der Waals surface area contributed by atoms with Crippen molar-refractivity contribution in [1.29, 1.82) is 0 Å². The number of amides is 2. The van der Waals surface area contributed by atoms with E-state index in [0.29, 0.717) is 17.2 Å². The summed E-state index contributed by atoms with van der Waals surface area (Å²) >= 11 is 8.64. The molecule has 0 spiro atoms. The molecule has 0 saturated carbocycles. The summed E-state index contributed by atoms with van der Waals surface area (Å²) in [5.41, 5.74) is 2.34. The van der Waals surface area contributed by atoms with Crippen molar-refractivity contribution in [2.75, 3.05) is 4.90 Å². The van der Waals surface area contributed by atoms with Crippen LogP contribution in [0.3, 0.4) is 0 Å². The number of benzene rings is 2. The lowest BCUT2D eigenvalue weighted by atomic mass is 10.1. The van der Waals surface area contributed by atoms with Gasteiger partial charge in [0.05, 0.1) is 5.69 Å². The molecule has 2 amide bonds. The molecule has 0 unspecified atom stereocenters. The van der Waals surface area contributed by atoms with Gasteiger partial charge in [-0.15, -0.1) is 0 Å². The molecule has 3 aromatic rings. The molecule has 0 aliphatic carbocycles. The zero-order valence-electron chi connectivity index (χ0n) is 15.3. The third-order valence-corrected chi connectivity index (χ3v) is 5.31. The fourth-order valence-corrected chi connectivity index (χ4v) is 3.57. The van der Waals surface area contributed by atoms with Crippen LogP contribution in [0.15, 0.2) is 75.1 Å². The van der Waals surface area contributed by atoms with E-state index in [9.17, 15) is 9.59 Å². The Bertz CT molecular complexity index is 1160. The van der Waals surface area contributed by atoms with Crippen LogP contribution in [-0.4, -0.2) is 16.9 Å². The highest BCUT2D eigenvalue weighted by atomic mass is 79.9. The van der Waals surface area contributed by atoms with E-state index in [4.69, 9.17) is 16.6 Å². The van der Waals surface area contributed by atoms with E-state index in [2.05, 4.69) is 21.2 Å². The quantitative estimate of drug-likeness (QED) is 0.340. The highest BCUT2D eigenvalue weighted by molar-refractivity contribution is 9.10. The van der Waals surface area contributed by atoms with Crippen LogP contribution < -0.4 is 10.2 Å². The first-order valence-electron chi connectivity index (χ1n) is 8.77. The number of hydrogen-bond donors (Lipinski definition) is 1. The Morgan fingerprint density at radius 1 is 1.03 bits per heavy atom. The summed E-state index contributed by atoms with van der Waals surface area (Å²) in [5.74, 6) is -0.000615. The number of furan rings is 1. The summed E-state index contributed by atoms with van der Waals surface area (Å²) < 4.78 is 6.79. The topological polar surface area (TPSA) is 62.6 Å². The van der Waals surface area contributed by atoms with E-state index in [1.54, 1.807) is 18.2 Å². The lowest BCUT2D eigenvalue weighted by molar-refractivity contribution is -0.122. The minimum Gasteiger partial charge on any atom is -0.457 e. The van der Waals surface area contributed by atoms with Gasteiger partial charge in [-0.25, -0.2) is 0 Å². The SMILES string of the molecule is Cc1ccccc1N1C(=O)/C(=C\c2ccc(-c3ccc(Br)cc3)o2)C(=O)NC1=S. The highest BCUT2D eigenvalue weighted by Gasteiger charge is 2.35. The van der Waals surface area contributed by atoms with Gasteiger partial charge in [0.1, 0.15) is 17.1 Å². The van der Waals surface area contributed by atoms with Crippen molar-refractivity contribution in [1.82, 2.24) is 5.32 Å². The fraction of sp³-hybridized carbons (Fsp3) is 0.0455. The summed E-state index contributed by atoms with van der Waals surface area (Å²) in [6.07, 6.45) is 1.44. The predicted octanol–water partition coefficient (Wildman–Crippen LogP) is 4.85. The van der Waals surface area contributed by atoms with E-state index in [1.165, 1.54) is 11.0 Å². The van der Waals surface area contributed by atoms with Gasteiger partial charge in [-0.2, -0.15) is 0 Å². The van der Waals surface area contributed by atoms with Crippen molar-refractivity contribution in [2.45, 2.75) is 6.92 Å². The second kappa shape index (κ2) is 7.77. The number of anilines is 1. The number of rotatable bonds is 3. The lowest BCUT2D eigenvalue weighted by Gasteiger charge is -2.29. The number of nitrogens with one attached hydrogen (secondary N) is 1. The molecule has 1 saturated heterocycles. The average molecular weight is 467 g/mol. The Hall–Kier alpha value is -3.03.